The molecule has 4 amide bonds. The van der Waals surface area contributed by atoms with E-state index in [-0.39, 0.29) is 26.0 Å². The van der Waals surface area contributed by atoms with Gasteiger partial charge < -0.3 is 77.2 Å². The maximum atomic E-state index is 13.9. The molecule has 85 heavy (non-hydrogen) atoms. The van der Waals surface area contributed by atoms with Gasteiger partial charge in [-0.25, -0.2) is 4.79 Å². The molecule has 25 nitrogen and oxygen atoms in total. The van der Waals surface area contributed by atoms with Crippen molar-refractivity contribution in [3.05, 3.63) is 0 Å². The lowest BCUT2D eigenvalue weighted by Crippen LogP contribution is -2.66. The number of nitrogens with one attached hydrogen (secondary N) is 2. The number of amides is 4. The van der Waals surface area contributed by atoms with Crippen molar-refractivity contribution in [1.82, 2.24) is 15.5 Å². The van der Waals surface area contributed by atoms with E-state index in [2.05, 4.69) is 29.0 Å². The van der Waals surface area contributed by atoms with Crippen molar-refractivity contribution in [2.75, 3.05) is 32.9 Å². The second kappa shape index (κ2) is 48.9. The van der Waals surface area contributed by atoms with Crippen molar-refractivity contribution in [1.29, 1.82) is 0 Å². The number of carbonyl (C=O) groups excluding carboxylic acids is 6. The van der Waals surface area contributed by atoms with Crippen LogP contribution in [0.15, 0.2) is 0 Å². The molecule has 1 fully saturated rings. The number of hydrogen-bond donors (Lipinski definition) is 11. The molecule has 14 N–H and O–H groups in total. The Hall–Kier alpha value is -4.01. The zero-order chi connectivity index (χ0) is 64.2. The molecule has 1 rings (SSSR count). The normalized spacial score (nSPS) is 19.4. The molecule has 496 valence electrons. The average Bonchev–Trinajstić information content (AvgIpc) is 1.96. The molecule has 1 aliphatic heterocycles. The van der Waals surface area contributed by atoms with Crippen LogP contribution in [0, 0.1) is 0 Å². The summed E-state index contributed by atoms with van der Waals surface area (Å²) in [5.41, 5.74) is 14.2. The SMILES string of the molecule is CCCCCCCCCCCCCCCC(=O)OC([C@H](CO)OC(=O)CCCCCCCCCCCCCCC)[C@@](C)(NC(=O)CC[C@H](C(N)=O)N(CC(C)O[C@H]1[C@H](O)[C@@H](CO)O[C@H](O)[C@@H]1NC(C)=O)C(=O)[C@H](C)N)C(=O)O.NCCO[P+](=O)O. The van der Waals surface area contributed by atoms with Crippen LogP contribution in [0.25, 0.3) is 0 Å². The molecular weight excluding hydrogens is 1130 g/mol. The minimum Gasteiger partial charge on any atom is -0.479 e. The number of ether oxygens (including phenoxy) is 4. The number of nitrogens with zero attached hydrogens (tertiary/aromatic N) is 1. The van der Waals surface area contributed by atoms with E-state index < -0.39 is 149 Å². The summed E-state index contributed by atoms with van der Waals surface area (Å²) in [4.78, 5) is 102. The van der Waals surface area contributed by atoms with E-state index in [1.165, 1.54) is 104 Å². The van der Waals surface area contributed by atoms with Gasteiger partial charge in [0.25, 0.3) is 0 Å². The van der Waals surface area contributed by atoms with Gasteiger partial charge in [0.2, 0.25) is 23.6 Å². The Morgan fingerprint density at radius 2 is 1.16 bits per heavy atom. The first-order valence-corrected chi connectivity index (χ1v) is 32.5. The number of hydrogen-bond acceptors (Lipinski definition) is 19. The molecule has 1 heterocycles. The van der Waals surface area contributed by atoms with E-state index in [4.69, 9.17) is 41.0 Å². The smallest absolute Gasteiger partial charge is 0.479 e. The minimum atomic E-state index is -2.52. The molecule has 0 aromatic heterocycles. The van der Waals surface area contributed by atoms with Crippen LogP contribution in [0.5, 0.6) is 0 Å². The second-order valence-corrected chi connectivity index (χ2v) is 23.4. The number of carbonyl (C=O) groups is 7. The van der Waals surface area contributed by atoms with Gasteiger partial charge >= 0.3 is 26.2 Å². The average molecular weight is 1240 g/mol. The lowest BCUT2D eigenvalue weighted by Gasteiger charge is -2.44. The summed E-state index contributed by atoms with van der Waals surface area (Å²) in [7, 11) is -2.44. The van der Waals surface area contributed by atoms with Gasteiger partial charge in [-0.3, -0.25) is 28.8 Å². The zero-order valence-electron chi connectivity index (χ0n) is 52.1. The highest BCUT2D eigenvalue weighted by molar-refractivity contribution is 7.32. The van der Waals surface area contributed by atoms with Gasteiger partial charge in [-0.2, -0.15) is 0 Å². The van der Waals surface area contributed by atoms with Crippen LogP contribution < -0.4 is 27.8 Å². The van der Waals surface area contributed by atoms with E-state index in [1.807, 2.05) is 0 Å². The Kier molecular flexibility index (Phi) is 46.6. The predicted molar refractivity (Wildman–Crippen MR) is 320 cm³/mol. The van der Waals surface area contributed by atoms with Gasteiger partial charge in [0, 0.05) is 43.8 Å². The van der Waals surface area contributed by atoms with Gasteiger partial charge in [-0.05, 0) is 40.0 Å². The van der Waals surface area contributed by atoms with Crippen molar-refractivity contribution < 1.29 is 92.0 Å². The van der Waals surface area contributed by atoms with Crippen molar-refractivity contribution >= 4 is 49.8 Å². The molecule has 3 unspecified atom stereocenters. The molecule has 0 aliphatic carbocycles. The minimum absolute atomic E-state index is 0.0461. The highest BCUT2D eigenvalue weighted by Gasteiger charge is 2.51. The van der Waals surface area contributed by atoms with Crippen LogP contribution in [0.2, 0.25) is 0 Å². The van der Waals surface area contributed by atoms with E-state index >= 15 is 0 Å². The Morgan fingerprint density at radius 1 is 0.718 bits per heavy atom. The molecule has 0 aromatic rings. The first kappa shape index (κ1) is 81.0. The summed E-state index contributed by atoms with van der Waals surface area (Å²) in [6, 6.07) is -4.12. The van der Waals surface area contributed by atoms with Crippen LogP contribution in [0.1, 0.15) is 234 Å². The van der Waals surface area contributed by atoms with Gasteiger partial charge in [-0.15, -0.1) is 9.42 Å². The number of carboxylic acid groups (broad SMARTS) is 1. The van der Waals surface area contributed by atoms with Crippen molar-refractivity contribution in [3.63, 3.8) is 0 Å². The monoisotopic (exact) mass is 1240 g/mol. The van der Waals surface area contributed by atoms with Crippen LogP contribution in [-0.4, -0.2) is 176 Å². The molecule has 12 atom stereocenters. The topological polar surface area (TPSA) is 409 Å². The third-order valence-electron chi connectivity index (χ3n) is 14.9. The van der Waals surface area contributed by atoms with Gasteiger partial charge in [0.05, 0.1) is 25.4 Å². The van der Waals surface area contributed by atoms with Crippen LogP contribution >= 0.6 is 8.25 Å². The Labute approximate surface area is 506 Å². The molecule has 0 aromatic carbocycles. The molecule has 0 bridgehead atoms. The predicted octanol–water partition coefficient (Wildman–Crippen LogP) is 5.49. The Bertz CT molecular complexity index is 1880. The maximum absolute atomic E-state index is 13.9. The highest BCUT2D eigenvalue weighted by atomic mass is 31.1. The number of aliphatic hydroxyl groups excluding tert-OH is 4. The molecular formula is C59H112N6O19P+. The largest absolute Gasteiger partial charge is 0.694 e. The van der Waals surface area contributed by atoms with E-state index in [1.54, 1.807) is 0 Å². The van der Waals surface area contributed by atoms with Gasteiger partial charge in [0.1, 0.15) is 37.0 Å². The number of aliphatic carboxylic acids is 1. The quantitative estimate of drug-likeness (QED) is 0.0204. The van der Waals surface area contributed by atoms with Gasteiger partial charge in [-0.1, -0.05) is 168 Å². The van der Waals surface area contributed by atoms with E-state index in [9.17, 15) is 63.7 Å². The maximum Gasteiger partial charge on any atom is 0.694 e. The fourth-order valence-electron chi connectivity index (χ4n) is 10.1. The highest BCUT2D eigenvalue weighted by Crippen LogP contribution is 2.27. The number of aliphatic hydroxyl groups is 4. The first-order valence-electron chi connectivity index (χ1n) is 31.4. The third kappa shape index (κ3) is 36.2. The van der Waals surface area contributed by atoms with E-state index in [0.717, 1.165) is 76.5 Å². The molecule has 26 heteroatoms. The molecule has 1 saturated heterocycles. The second-order valence-electron chi connectivity index (χ2n) is 22.6. The Morgan fingerprint density at radius 3 is 1.53 bits per heavy atom. The molecule has 0 saturated carbocycles. The van der Waals surface area contributed by atoms with Crippen LogP contribution in [0.3, 0.4) is 0 Å². The van der Waals surface area contributed by atoms with Crippen molar-refractivity contribution in [3.8, 4) is 0 Å². The first-order chi connectivity index (χ1) is 40.4. The van der Waals surface area contributed by atoms with Crippen molar-refractivity contribution in [2.24, 2.45) is 17.2 Å². The summed E-state index contributed by atoms with van der Waals surface area (Å²) in [5, 5.41) is 57.6. The standard InChI is InChI=1S/C57H105N5O16.C2H6NO3P/c1-7-9-11-13-15-17-19-21-23-25-27-29-31-33-47(67)76-45(39-64)52(78-48(68)34-32-30-28-26-24-22-20-18-16-14-12-10-8-2)57(6,56(73)74)61-46(66)36-35-43(53(59)70)62(54(71)41(4)58)37-40(3)75-51-49(60-42(5)65)55(72)77-44(38-63)50(51)69;3-1-2-6-7(4)5/h40-41,43-45,49-52,55,63-64,69,72H,7-39,58H2,1-6H3,(H2,59,70)(H,60,65)(H,61,66)(H,73,74);1-3H2/p+1/t40?,41-,43+,44+,45-,49+,50+,51+,52?,55-,57+;/m0./s1. The summed E-state index contributed by atoms with van der Waals surface area (Å²) >= 11 is 0. The summed E-state index contributed by atoms with van der Waals surface area (Å²) < 4.78 is 36.5. The lowest BCUT2D eigenvalue weighted by atomic mass is 9.89. The number of rotatable bonds is 50. The number of primary amides is 1. The Balaban J connectivity index is 0.00000942. The summed E-state index contributed by atoms with van der Waals surface area (Å²) in [6.07, 6.45) is 16.1. The van der Waals surface area contributed by atoms with Gasteiger partial charge in [0.15, 0.2) is 24.0 Å². The number of esters is 2. The molecule has 0 radical (unpaired) electrons. The van der Waals surface area contributed by atoms with E-state index in [0.29, 0.717) is 19.3 Å². The van der Waals surface area contributed by atoms with Crippen LogP contribution in [0.4, 0.5) is 0 Å². The third-order valence-corrected chi connectivity index (χ3v) is 15.3. The number of unbranched alkanes of at least 4 members (excludes halogenated alkanes) is 24. The lowest BCUT2D eigenvalue weighted by molar-refractivity contribution is -0.268. The fourth-order valence-corrected chi connectivity index (χ4v) is 10.3. The summed E-state index contributed by atoms with van der Waals surface area (Å²) in [5.74, 6) is -6.80. The van der Waals surface area contributed by atoms with Crippen LogP contribution in [-0.2, 0) is 61.6 Å². The molecule has 1 aliphatic rings. The number of nitrogens with two attached hydrogens (primary N) is 3. The summed E-state index contributed by atoms with van der Waals surface area (Å²) in [6.45, 7) is 7.69. The van der Waals surface area contributed by atoms with Crippen molar-refractivity contribution in [2.45, 2.75) is 301 Å². The number of carboxylic acids is 1. The molecule has 0 spiro atoms. The fraction of sp³-hybridized carbons (Fsp3) is 0.881. The zero-order valence-corrected chi connectivity index (χ0v) is 53.0.